The molecule has 0 aliphatic carbocycles. The molecule has 0 spiro atoms. The summed E-state index contributed by atoms with van der Waals surface area (Å²) in [7, 11) is 0. The molecule has 0 unspecified atom stereocenters. The van der Waals surface area contributed by atoms with E-state index < -0.39 is 29.7 Å². The van der Waals surface area contributed by atoms with Crippen LogP contribution in [-0.2, 0) is 15.8 Å². The Morgan fingerprint density at radius 3 is 2.35 bits per heavy atom. The van der Waals surface area contributed by atoms with Crippen molar-refractivity contribution in [1.29, 1.82) is 0 Å². The van der Waals surface area contributed by atoms with Crippen LogP contribution in [0.15, 0.2) is 5.38 Å². The molecule has 9 heteroatoms. The zero-order valence-electron chi connectivity index (χ0n) is 11.0. The number of halogens is 3. The molecule has 0 aliphatic heterocycles. The van der Waals surface area contributed by atoms with E-state index in [1.165, 1.54) is 6.92 Å². The van der Waals surface area contributed by atoms with Gasteiger partial charge in [-0.25, -0.2) is 4.98 Å². The second-order valence-electron chi connectivity index (χ2n) is 4.45. The van der Waals surface area contributed by atoms with Crippen molar-refractivity contribution in [2.45, 2.75) is 33.0 Å². The predicted molar refractivity (Wildman–Crippen MR) is 68.2 cm³/mol. The fraction of sp³-hybridized carbons (Fsp3) is 0.545. The average Bonchev–Trinajstić information content (AvgIpc) is 2.73. The molecule has 1 atom stereocenters. The first-order chi connectivity index (χ1) is 9.11. The van der Waals surface area contributed by atoms with E-state index >= 15 is 0 Å². The Balaban J connectivity index is 2.78. The van der Waals surface area contributed by atoms with E-state index in [-0.39, 0.29) is 11.0 Å². The van der Waals surface area contributed by atoms with Crippen molar-refractivity contribution in [3.63, 3.8) is 0 Å². The molecule has 1 aromatic heterocycles. The molecular weight excluding hydrogens is 295 g/mol. The number of rotatable bonds is 4. The SMILES string of the molecule is CC(=O)N[C@H](C(=O)Nc1nc(C(F)(F)F)cs1)C(C)C. The van der Waals surface area contributed by atoms with Gasteiger partial charge >= 0.3 is 6.18 Å². The highest BCUT2D eigenvalue weighted by Gasteiger charge is 2.34. The first-order valence-electron chi connectivity index (χ1n) is 5.72. The molecule has 0 fully saturated rings. The van der Waals surface area contributed by atoms with E-state index in [4.69, 9.17) is 0 Å². The van der Waals surface area contributed by atoms with Gasteiger partial charge in [-0.2, -0.15) is 13.2 Å². The summed E-state index contributed by atoms with van der Waals surface area (Å²) in [5.41, 5.74) is -1.06. The predicted octanol–water partition coefficient (Wildman–Crippen LogP) is 2.26. The highest BCUT2D eigenvalue weighted by molar-refractivity contribution is 7.13. The number of hydrogen-bond donors (Lipinski definition) is 2. The minimum Gasteiger partial charge on any atom is -0.344 e. The van der Waals surface area contributed by atoms with Crippen LogP contribution < -0.4 is 10.6 Å². The summed E-state index contributed by atoms with van der Waals surface area (Å²) in [5.74, 6) is -1.20. The molecule has 0 radical (unpaired) electrons. The van der Waals surface area contributed by atoms with Gasteiger partial charge in [0.1, 0.15) is 6.04 Å². The van der Waals surface area contributed by atoms with E-state index in [9.17, 15) is 22.8 Å². The number of aromatic nitrogens is 1. The Labute approximate surface area is 117 Å². The van der Waals surface area contributed by atoms with Gasteiger partial charge < -0.3 is 10.6 Å². The van der Waals surface area contributed by atoms with Crippen molar-refractivity contribution >= 4 is 28.3 Å². The summed E-state index contributed by atoms with van der Waals surface area (Å²) >= 11 is 0.677. The lowest BCUT2D eigenvalue weighted by atomic mass is 10.0. The van der Waals surface area contributed by atoms with Gasteiger partial charge in [-0.3, -0.25) is 9.59 Å². The summed E-state index contributed by atoms with van der Waals surface area (Å²) in [4.78, 5) is 26.2. The molecule has 0 aliphatic rings. The van der Waals surface area contributed by atoms with Crippen molar-refractivity contribution in [1.82, 2.24) is 10.3 Å². The number of carbonyl (C=O) groups is 2. The lowest BCUT2D eigenvalue weighted by molar-refractivity contribution is -0.140. The number of nitrogens with zero attached hydrogens (tertiary/aromatic N) is 1. The summed E-state index contributed by atoms with van der Waals surface area (Å²) in [5, 5.41) is 5.38. The number of anilines is 1. The Kier molecular flexibility index (Phi) is 5.09. The third-order valence-corrected chi connectivity index (χ3v) is 3.09. The molecule has 1 heterocycles. The van der Waals surface area contributed by atoms with Crippen LogP contribution in [0.3, 0.4) is 0 Å². The van der Waals surface area contributed by atoms with Crippen LogP contribution in [0.1, 0.15) is 26.5 Å². The highest BCUT2D eigenvalue weighted by Crippen LogP contribution is 2.31. The van der Waals surface area contributed by atoms with Crippen LogP contribution in [0.4, 0.5) is 18.3 Å². The molecule has 112 valence electrons. The molecular formula is C11H14F3N3O2S. The molecule has 0 aromatic carbocycles. The van der Waals surface area contributed by atoms with Crippen molar-refractivity contribution in [3.8, 4) is 0 Å². The zero-order chi connectivity index (χ0) is 15.5. The minimum absolute atomic E-state index is 0.154. The highest BCUT2D eigenvalue weighted by atomic mass is 32.1. The van der Waals surface area contributed by atoms with Gasteiger partial charge in [0.15, 0.2) is 10.8 Å². The molecule has 0 saturated heterocycles. The summed E-state index contributed by atoms with van der Waals surface area (Å²) < 4.78 is 37.1. The summed E-state index contributed by atoms with van der Waals surface area (Å²) in [6, 6.07) is -0.828. The summed E-state index contributed by atoms with van der Waals surface area (Å²) in [6.45, 7) is 4.68. The third-order valence-electron chi connectivity index (χ3n) is 2.33. The normalized spacial score (nSPS) is 13.2. The number of alkyl halides is 3. The third kappa shape index (κ3) is 4.48. The topological polar surface area (TPSA) is 71.1 Å². The van der Waals surface area contributed by atoms with Gasteiger partial charge in [-0.1, -0.05) is 13.8 Å². The number of carbonyl (C=O) groups excluding carboxylic acids is 2. The molecule has 1 rings (SSSR count). The van der Waals surface area contributed by atoms with Crippen molar-refractivity contribution in [2.75, 3.05) is 5.32 Å². The molecule has 0 bridgehead atoms. The fourth-order valence-corrected chi connectivity index (χ4v) is 2.12. The average molecular weight is 309 g/mol. The van der Waals surface area contributed by atoms with E-state index in [0.717, 1.165) is 5.38 Å². The van der Waals surface area contributed by atoms with Gasteiger partial charge in [0, 0.05) is 12.3 Å². The quantitative estimate of drug-likeness (QED) is 0.896. The van der Waals surface area contributed by atoms with E-state index in [0.29, 0.717) is 11.3 Å². The Morgan fingerprint density at radius 2 is 1.95 bits per heavy atom. The molecule has 2 N–H and O–H groups in total. The van der Waals surface area contributed by atoms with Crippen LogP contribution >= 0.6 is 11.3 Å². The maximum absolute atomic E-state index is 12.4. The molecule has 1 aromatic rings. The maximum atomic E-state index is 12.4. The van der Waals surface area contributed by atoms with Crippen LogP contribution in [0.5, 0.6) is 0 Å². The largest absolute Gasteiger partial charge is 0.434 e. The van der Waals surface area contributed by atoms with Crippen LogP contribution in [0, 0.1) is 5.92 Å². The van der Waals surface area contributed by atoms with Gasteiger partial charge in [-0.05, 0) is 5.92 Å². The molecule has 20 heavy (non-hydrogen) atoms. The van der Waals surface area contributed by atoms with Gasteiger partial charge in [-0.15, -0.1) is 11.3 Å². The van der Waals surface area contributed by atoms with Crippen molar-refractivity contribution in [2.24, 2.45) is 5.92 Å². The molecule has 0 saturated carbocycles. The van der Waals surface area contributed by atoms with E-state index in [2.05, 4.69) is 15.6 Å². The van der Waals surface area contributed by atoms with Gasteiger partial charge in [0.25, 0.3) is 0 Å². The zero-order valence-corrected chi connectivity index (χ0v) is 11.9. The Hall–Kier alpha value is -1.64. The number of nitrogens with one attached hydrogen (secondary N) is 2. The van der Waals surface area contributed by atoms with Gasteiger partial charge in [0.2, 0.25) is 11.8 Å². The van der Waals surface area contributed by atoms with Crippen molar-refractivity contribution in [3.05, 3.63) is 11.1 Å². The molecule has 5 nitrogen and oxygen atoms in total. The second kappa shape index (κ2) is 6.21. The molecule has 2 amide bonds. The number of thiazole rings is 1. The maximum Gasteiger partial charge on any atom is 0.434 e. The number of amides is 2. The fourth-order valence-electron chi connectivity index (χ4n) is 1.40. The van der Waals surface area contributed by atoms with Crippen molar-refractivity contribution < 1.29 is 22.8 Å². The van der Waals surface area contributed by atoms with E-state index in [1.54, 1.807) is 13.8 Å². The van der Waals surface area contributed by atoms with Crippen LogP contribution in [-0.4, -0.2) is 22.8 Å². The van der Waals surface area contributed by atoms with Crippen LogP contribution in [0.2, 0.25) is 0 Å². The second-order valence-corrected chi connectivity index (χ2v) is 5.31. The lowest BCUT2D eigenvalue weighted by Crippen LogP contribution is -2.46. The first-order valence-corrected chi connectivity index (χ1v) is 6.60. The monoisotopic (exact) mass is 309 g/mol. The smallest absolute Gasteiger partial charge is 0.344 e. The Bertz CT molecular complexity index is 499. The lowest BCUT2D eigenvalue weighted by Gasteiger charge is -2.20. The van der Waals surface area contributed by atoms with E-state index in [1.807, 2.05) is 0 Å². The van der Waals surface area contributed by atoms with Gasteiger partial charge in [0.05, 0.1) is 0 Å². The minimum atomic E-state index is -4.55. The first kappa shape index (κ1) is 16.4. The summed E-state index contributed by atoms with van der Waals surface area (Å²) in [6.07, 6.45) is -4.55. The number of hydrogen-bond acceptors (Lipinski definition) is 4. The Morgan fingerprint density at radius 1 is 1.35 bits per heavy atom. The standard InChI is InChI=1S/C11H14F3N3O2S/c1-5(2)8(15-6(3)18)9(19)17-10-16-7(4-20-10)11(12,13)14/h4-5,8H,1-3H3,(H,15,18)(H,16,17,19)/t8-/m0/s1. The van der Waals surface area contributed by atoms with Crippen LogP contribution in [0.25, 0.3) is 0 Å².